The van der Waals surface area contributed by atoms with E-state index in [1.165, 1.54) is 0 Å². The summed E-state index contributed by atoms with van der Waals surface area (Å²) in [6.07, 6.45) is 1.75. The maximum atomic E-state index is 5.99. The molecular weight excluding hydrogens is 228 g/mol. The van der Waals surface area contributed by atoms with Crippen LogP contribution < -0.4 is 5.73 Å². The average molecular weight is 254 g/mol. The molecule has 0 amide bonds. The third kappa shape index (κ3) is 4.07. The van der Waals surface area contributed by atoms with Crippen LogP contribution in [0.1, 0.15) is 51.7 Å². The van der Waals surface area contributed by atoms with Gasteiger partial charge < -0.3 is 15.2 Å². The summed E-state index contributed by atoms with van der Waals surface area (Å²) in [7, 11) is 0. The van der Waals surface area contributed by atoms with Gasteiger partial charge in [-0.2, -0.15) is 4.98 Å². The van der Waals surface area contributed by atoms with Crippen LogP contribution >= 0.6 is 0 Å². The molecule has 2 N–H and O–H groups in total. The highest BCUT2D eigenvalue weighted by Crippen LogP contribution is 2.17. The summed E-state index contributed by atoms with van der Waals surface area (Å²) in [6.45, 7) is 11.5. The van der Waals surface area contributed by atoms with E-state index in [4.69, 9.17) is 10.3 Å². The smallest absolute Gasteiger partial charge is 0.231 e. The number of hydrogen-bond donors (Lipinski definition) is 1. The van der Waals surface area contributed by atoms with E-state index in [1.807, 2.05) is 6.92 Å². The van der Waals surface area contributed by atoms with Crippen molar-refractivity contribution in [2.24, 2.45) is 5.73 Å². The first kappa shape index (κ1) is 15.1. The Labute approximate surface area is 110 Å². The van der Waals surface area contributed by atoms with E-state index in [2.05, 4.69) is 35.8 Å². The maximum absolute atomic E-state index is 5.99. The second kappa shape index (κ2) is 7.48. The Morgan fingerprint density at radius 1 is 1.28 bits per heavy atom. The minimum absolute atomic E-state index is 0.0843. The number of nitrogens with zero attached hydrogens (tertiary/aromatic N) is 3. The number of likely N-dealkylation sites (N-methyl/N-ethyl adjacent to an activating group) is 1. The van der Waals surface area contributed by atoms with Crippen molar-refractivity contribution in [1.82, 2.24) is 15.0 Å². The normalized spacial score (nSPS) is 15.0. The summed E-state index contributed by atoms with van der Waals surface area (Å²) >= 11 is 0. The molecule has 0 saturated heterocycles. The molecule has 18 heavy (non-hydrogen) atoms. The zero-order valence-electron chi connectivity index (χ0n) is 12.0. The standard InChI is InChI=1S/C13H26N4O/c1-5-11(14)10(4)13-15-12(16-18-13)8-9-17(6-2)7-3/h10-11H,5-9,14H2,1-4H3. The van der Waals surface area contributed by atoms with Gasteiger partial charge >= 0.3 is 0 Å². The number of aromatic nitrogens is 2. The molecule has 0 radical (unpaired) electrons. The Kier molecular flexibility index (Phi) is 6.29. The van der Waals surface area contributed by atoms with Gasteiger partial charge in [-0.25, -0.2) is 0 Å². The van der Waals surface area contributed by atoms with Crippen molar-refractivity contribution < 1.29 is 4.52 Å². The SMILES string of the molecule is CCC(N)C(C)c1nc(CCN(CC)CC)no1. The maximum Gasteiger partial charge on any atom is 0.231 e. The van der Waals surface area contributed by atoms with Crippen LogP contribution in [0.5, 0.6) is 0 Å². The zero-order chi connectivity index (χ0) is 13.5. The van der Waals surface area contributed by atoms with E-state index in [-0.39, 0.29) is 12.0 Å². The first-order chi connectivity index (χ1) is 8.62. The van der Waals surface area contributed by atoms with Gasteiger partial charge in [0.2, 0.25) is 5.89 Å². The minimum Gasteiger partial charge on any atom is -0.339 e. The molecule has 2 atom stereocenters. The van der Waals surface area contributed by atoms with Crippen LogP contribution in [0, 0.1) is 0 Å². The molecule has 0 aliphatic rings. The van der Waals surface area contributed by atoms with E-state index >= 15 is 0 Å². The summed E-state index contributed by atoms with van der Waals surface area (Å²) in [5.41, 5.74) is 5.99. The predicted molar refractivity (Wildman–Crippen MR) is 72.5 cm³/mol. The second-order valence-electron chi connectivity index (χ2n) is 4.69. The van der Waals surface area contributed by atoms with Crippen molar-refractivity contribution in [2.75, 3.05) is 19.6 Å². The lowest BCUT2D eigenvalue weighted by Crippen LogP contribution is -2.26. The lowest BCUT2D eigenvalue weighted by Gasteiger charge is -2.16. The van der Waals surface area contributed by atoms with Crippen molar-refractivity contribution in [3.63, 3.8) is 0 Å². The average Bonchev–Trinajstić information content (AvgIpc) is 2.87. The van der Waals surface area contributed by atoms with E-state index in [0.717, 1.165) is 38.3 Å². The number of hydrogen-bond acceptors (Lipinski definition) is 5. The van der Waals surface area contributed by atoms with Gasteiger partial charge in [-0.1, -0.05) is 32.9 Å². The topological polar surface area (TPSA) is 68.2 Å². The fourth-order valence-corrected chi connectivity index (χ4v) is 1.89. The van der Waals surface area contributed by atoms with Crippen LogP contribution in [-0.2, 0) is 6.42 Å². The summed E-state index contributed by atoms with van der Waals surface area (Å²) in [4.78, 5) is 6.78. The monoisotopic (exact) mass is 254 g/mol. The summed E-state index contributed by atoms with van der Waals surface area (Å²) in [6, 6.07) is 0.0843. The molecule has 0 bridgehead atoms. The quantitative estimate of drug-likeness (QED) is 0.766. The largest absolute Gasteiger partial charge is 0.339 e. The Balaban J connectivity index is 2.52. The highest BCUT2D eigenvalue weighted by molar-refractivity contribution is 4.96. The second-order valence-corrected chi connectivity index (χ2v) is 4.69. The first-order valence-corrected chi connectivity index (χ1v) is 6.92. The van der Waals surface area contributed by atoms with Crippen molar-refractivity contribution in [2.45, 2.75) is 52.5 Å². The lowest BCUT2D eigenvalue weighted by molar-refractivity contribution is 0.301. The van der Waals surface area contributed by atoms with Gasteiger partial charge in [0, 0.05) is 19.0 Å². The summed E-state index contributed by atoms with van der Waals surface area (Å²) < 4.78 is 5.29. The molecule has 0 aromatic carbocycles. The highest BCUT2D eigenvalue weighted by atomic mass is 16.5. The van der Waals surface area contributed by atoms with Crippen LogP contribution in [0.25, 0.3) is 0 Å². The molecule has 5 heteroatoms. The third-order valence-electron chi connectivity index (χ3n) is 3.53. The van der Waals surface area contributed by atoms with Gasteiger partial charge in [-0.15, -0.1) is 0 Å². The van der Waals surface area contributed by atoms with E-state index in [9.17, 15) is 0 Å². The Morgan fingerprint density at radius 2 is 1.94 bits per heavy atom. The molecule has 1 aromatic heterocycles. The molecule has 2 unspecified atom stereocenters. The molecule has 5 nitrogen and oxygen atoms in total. The number of nitrogens with two attached hydrogens (primary N) is 1. The first-order valence-electron chi connectivity index (χ1n) is 6.92. The molecule has 0 aliphatic carbocycles. The van der Waals surface area contributed by atoms with Crippen molar-refractivity contribution >= 4 is 0 Å². The molecule has 1 aromatic rings. The van der Waals surface area contributed by atoms with E-state index in [1.54, 1.807) is 0 Å². The van der Waals surface area contributed by atoms with E-state index < -0.39 is 0 Å². The lowest BCUT2D eigenvalue weighted by atomic mass is 10.0. The van der Waals surface area contributed by atoms with Gasteiger partial charge in [-0.05, 0) is 19.5 Å². The molecule has 0 aliphatic heterocycles. The zero-order valence-corrected chi connectivity index (χ0v) is 12.0. The Morgan fingerprint density at radius 3 is 2.50 bits per heavy atom. The molecule has 0 spiro atoms. The van der Waals surface area contributed by atoms with Crippen LogP contribution in [0.2, 0.25) is 0 Å². The molecule has 0 saturated carbocycles. The summed E-state index contributed by atoms with van der Waals surface area (Å²) in [5.74, 6) is 1.58. The van der Waals surface area contributed by atoms with Crippen LogP contribution in [-0.4, -0.2) is 40.7 Å². The summed E-state index contributed by atoms with van der Waals surface area (Å²) in [5, 5.41) is 4.03. The Hall–Kier alpha value is -0.940. The van der Waals surface area contributed by atoms with E-state index in [0.29, 0.717) is 5.89 Å². The predicted octanol–water partition coefficient (Wildman–Crippen LogP) is 1.79. The minimum atomic E-state index is 0.0843. The van der Waals surface area contributed by atoms with Gasteiger partial charge in [0.15, 0.2) is 5.82 Å². The van der Waals surface area contributed by atoms with Crippen LogP contribution in [0.3, 0.4) is 0 Å². The van der Waals surface area contributed by atoms with Crippen molar-refractivity contribution in [3.8, 4) is 0 Å². The van der Waals surface area contributed by atoms with Gasteiger partial charge in [0.05, 0.1) is 5.92 Å². The third-order valence-corrected chi connectivity index (χ3v) is 3.53. The van der Waals surface area contributed by atoms with Gasteiger partial charge in [0.25, 0.3) is 0 Å². The highest BCUT2D eigenvalue weighted by Gasteiger charge is 2.19. The van der Waals surface area contributed by atoms with Crippen LogP contribution in [0.4, 0.5) is 0 Å². The molecule has 1 heterocycles. The molecular formula is C13H26N4O. The van der Waals surface area contributed by atoms with Crippen molar-refractivity contribution in [1.29, 1.82) is 0 Å². The number of rotatable bonds is 8. The Bertz CT molecular complexity index is 335. The fraction of sp³-hybridized carbons (Fsp3) is 0.846. The molecule has 104 valence electrons. The molecule has 0 fully saturated rings. The van der Waals surface area contributed by atoms with Crippen LogP contribution in [0.15, 0.2) is 4.52 Å². The molecule has 1 rings (SSSR count). The van der Waals surface area contributed by atoms with Gasteiger partial charge in [-0.3, -0.25) is 0 Å². The van der Waals surface area contributed by atoms with Crippen molar-refractivity contribution in [3.05, 3.63) is 11.7 Å². The van der Waals surface area contributed by atoms with Gasteiger partial charge in [0.1, 0.15) is 0 Å². The fourth-order valence-electron chi connectivity index (χ4n) is 1.89.